The molecule has 1 heterocycles. The van der Waals surface area contributed by atoms with E-state index in [1.165, 1.54) is 7.11 Å². The number of phenols is 1. The minimum absolute atomic E-state index is 0.0598. The molecule has 4 rings (SSSR count). The number of furan rings is 1. The first kappa shape index (κ1) is 24.2. The Morgan fingerprint density at radius 1 is 0.914 bits per heavy atom. The summed E-state index contributed by atoms with van der Waals surface area (Å²) in [6, 6.07) is 20.5. The highest BCUT2D eigenvalue weighted by molar-refractivity contribution is 14.1. The Labute approximate surface area is 216 Å². The first-order valence-electron chi connectivity index (χ1n) is 10.4. The Kier molecular flexibility index (Phi) is 7.27. The van der Waals surface area contributed by atoms with Crippen LogP contribution in [-0.4, -0.2) is 32.7 Å². The van der Waals surface area contributed by atoms with Gasteiger partial charge in [-0.25, -0.2) is 4.99 Å². The molecule has 1 N–H and O–H groups in total. The van der Waals surface area contributed by atoms with E-state index < -0.39 is 0 Å². The molecule has 0 aliphatic carbocycles. The van der Waals surface area contributed by atoms with Gasteiger partial charge in [-0.05, 0) is 82.2 Å². The molecule has 4 aromatic rings. The number of benzene rings is 3. The first-order valence-corrected chi connectivity index (χ1v) is 11.5. The number of hydrogen-bond donors (Lipinski definition) is 1. The van der Waals surface area contributed by atoms with Crippen LogP contribution in [0.2, 0.25) is 0 Å². The summed E-state index contributed by atoms with van der Waals surface area (Å²) >= 11 is 2.02. The quantitative estimate of drug-likeness (QED) is 0.196. The zero-order valence-electron chi connectivity index (χ0n) is 19.2. The Morgan fingerprint density at radius 2 is 1.51 bits per heavy atom. The van der Waals surface area contributed by atoms with Gasteiger partial charge in [0.2, 0.25) is 5.88 Å². The van der Waals surface area contributed by atoms with E-state index in [2.05, 4.69) is 11.1 Å². The number of halogens is 1. The minimum atomic E-state index is 0.0598. The van der Waals surface area contributed by atoms with Crippen LogP contribution in [0.25, 0.3) is 22.5 Å². The summed E-state index contributed by atoms with van der Waals surface area (Å²) in [4.78, 5) is 4.49. The standard InChI is InChI=1S/C27H21IN2O5/c1-32-19-8-4-17(5-9-19)24-21(14-29)27(35-26(24)18-6-10-20(33-2)11-7-18)30-15-16-12-22(28)25(31)23(13-16)34-3/h4-13,15,31H,1-3H3. The van der Waals surface area contributed by atoms with Gasteiger partial charge < -0.3 is 23.7 Å². The molecule has 0 unspecified atom stereocenters. The number of phenolic OH excluding ortho intramolecular Hbond substituents is 1. The number of aromatic hydroxyl groups is 1. The molecule has 35 heavy (non-hydrogen) atoms. The van der Waals surface area contributed by atoms with E-state index in [0.29, 0.717) is 43.3 Å². The van der Waals surface area contributed by atoms with Gasteiger partial charge in [0.15, 0.2) is 11.5 Å². The third-order valence-corrected chi connectivity index (χ3v) is 6.16. The highest BCUT2D eigenvalue weighted by Gasteiger charge is 2.23. The predicted molar refractivity (Wildman–Crippen MR) is 142 cm³/mol. The maximum Gasteiger partial charge on any atom is 0.238 e. The van der Waals surface area contributed by atoms with Crippen molar-refractivity contribution in [3.8, 4) is 51.5 Å². The average molecular weight is 580 g/mol. The lowest BCUT2D eigenvalue weighted by Crippen LogP contribution is -1.90. The molecule has 0 radical (unpaired) electrons. The average Bonchev–Trinajstić information content (AvgIpc) is 3.27. The number of methoxy groups -OCH3 is 3. The molecule has 176 valence electrons. The van der Waals surface area contributed by atoms with Crippen molar-refractivity contribution < 1.29 is 23.7 Å². The highest BCUT2D eigenvalue weighted by Crippen LogP contribution is 2.43. The van der Waals surface area contributed by atoms with Crippen molar-refractivity contribution in [2.75, 3.05) is 21.3 Å². The number of hydrogen-bond acceptors (Lipinski definition) is 7. The molecule has 0 aliphatic rings. The van der Waals surface area contributed by atoms with Crippen LogP contribution in [0.5, 0.6) is 23.0 Å². The number of ether oxygens (including phenoxy) is 3. The van der Waals surface area contributed by atoms with Gasteiger partial charge in [-0.3, -0.25) is 0 Å². The number of aliphatic imine (C=N–C) groups is 1. The summed E-state index contributed by atoms with van der Waals surface area (Å²) in [6.45, 7) is 0. The monoisotopic (exact) mass is 580 g/mol. The predicted octanol–water partition coefficient (Wildman–Crippen LogP) is 6.57. The van der Waals surface area contributed by atoms with Gasteiger partial charge in [-0.1, -0.05) is 12.1 Å². The molecule has 0 bridgehead atoms. The Bertz CT molecular complexity index is 1420. The van der Waals surface area contributed by atoms with Gasteiger partial charge in [-0.15, -0.1) is 0 Å². The molecule has 3 aromatic carbocycles. The van der Waals surface area contributed by atoms with Crippen molar-refractivity contribution >= 4 is 34.7 Å². The molecule has 0 atom stereocenters. The molecule has 0 saturated heterocycles. The lowest BCUT2D eigenvalue weighted by molar-refractivity contribution is 0.371. The molecular weight excluding hydrogens is 559 g/mol. The molecule has 8 heteroatoms. The van der Waals surface area contributed by atoms with Gasteiger partial charge >= 0.3 is 0 Å². The van der Waals surface area contributed by atoms with Crippen molar-refractivity contribution in [2.45, 2.75) is 0 Å². The third kappa shape index (κ3) is 4.95. The fourth-order valence-corrected chi connectivity index (χ4v) is 4.18. The second kappa shape index (κ2) is 10.5. The van der Waals surface area contributed by atoms with Gasteiger partial charge in [0.05, 0.1) is 24.9 Å². The fourth-order valence-electron chi connectivity index (χ4n) is 3.55. The van der Waals surface area contributed by atoms with Crippen LogP contribution in [0.15, 0.2) is 70.1 Å². The first-order chi connectivity index (χ1) is 17.0. The van der Waals surface area contributed by atoms with Gasteiger partial charge in [-0.2, -0.15) is 5.26 Å². The molecule has 0 spiro atoms. The van der Waals surface area contributed by atoms with E-state index >= 15 is 0 Å². The largest absolute Gasteiger partial charge is 0.504 e. The topological polar surface area (TPSA) is 97.2 Å². The summed E-state index contributed by atoms with van der Waals surface area (Å²) in [5.74, 6) is 2.49. The van der Waals surface area contributed by atoms with Crippen LogP contribution in [-0.2, 0) is 0 Å². The van der Waals surface area contributed by atoms with E-state index in [4.69, 9.17) is 18.6 Å². The maximum absolute atomic E-state index is 10.1. The zero-order chi connectivity index (χ0) is 24.9. The minimum Gasteiger partial charge on any atom is -0.504 e. The molecule has 1 aromatic heterocycles. The van der Waals surface area contributed by atoms with E-state index in [9.17, 15) is 10.4 Å². The summed E-state index contributed by atoms with van der Waals surface area (Å²) < 4.78 is 22.6. The van der Waals surface area contributed by atoms with Crippen LogP contribution >= 0.6 is 22.6 Å². The van der Waals surface area contributed by atoms with Crippen molar-refractivity contribution in [1.29, 1.82) is 5.26 Å². The Hall–Kier alpha value is -3.97. The van der Waals surface area contributed by atoms with Crippen LogP contribution in [0.1, 0.15) is 11.1 Å². The SMILES string of the molecule is COc1ccc(-c2oc(N=Cc3cc(I)c(O)c(OC)c3)c(C#N)c2-c2ccc(OC)cc2)cc1. The Balaban J connectivity index is 1.86. The molecular formula is C27H21IN2O5. The summed E-state index contributed by atoms with van der Waals surface area (Å²) in [5.41, 5.74) is 3.18. The lowest BCUT2D eigenvalue weighted by Gasteiger charge is -2.06. The second-order valence-electron chi connectivity index (χ2n) is 7.37. The van der Waals surface area contributed by atoms with E-state index in [1.54, 1.807) is 32.6 Å². The van der Waals surface area contributed by atoms with Crippen molar-refractivity contribution in [3.05, 3.63) is 75.4 Å². The number of rotatable bonds is 7. The smallest absolute Gasteiger partial charge is 0.238 e. The fraction of sp³-hybridized carbons (Fsp3) is 0.111. The van der Waals surface area contributed by atoms with E-state index in [0.717, 1.165) is 11.1 Å². The third-order valence-electron chi connectivity index (χ3n) is 5.33. The zero-order valence-corrected chi connectivity index (χ0v) is 21.4. The van der Waals surface area contributed by atoms with E-state index in [-0.39, 0.29) is 11.6 Å². The van der Waals surface area contributed by atoms with Gasteiger partial charge in [0.1, 0.15) is 28.9 Å². The number of nitriles is 1. The van der Waals surface area contributed by atoms with Crippen LogP contribution in [0.3, 0.4) is 0 Å². The molecule has 0 aliphatic heterocycles. The van der Waals surface area contributed by atoms with Crippen LogP contribution in [0.4, 0.5) is 5.88 Å². The Morgan fingerprint density at radius 3 is 2.06 bits per heavy atom. The van der Waals surface area contributed by atoms with Crippen LogP contribution < -0.4 is 14.2 Å². The van der Waals surface area contributed by atoms with Crippen molar-refractivity contribution in [3.63, 3.8) is 0 Å². The van der Waals surface area contributed by atoms with Crippen molar-refractivity contribution in [2.24, 2.45) is 4.99 Å². The summed E-state index contributed by atoms with van der Waals surface area (Å²) in [5, 5.41) is 20.2. The molecule has 0 saturated carbocycles. The van der Waals surface area contributed by atoms with Crippen molar-refractivity contribution in [1.82, 2.24) is 0 Å². The molecule has 0 amide bonds. The second-order valence-corrected chi connectivity index (χ2v) is 8.53. The highest BCUT2D eigenvalue weighted by atomic mass is 127. The van der Waals surface area contributed by atoms with Crippen LogP contribution in [0, 0.1) is 14.9 Å². The van der Waals surface area contributed by atoms with Gasteiger partial charge in [0.25, 0.3) is 0 Å². The number of nitrogens with zero attached hydrogens (tertiary/aromatic N) is 2. The maximum atomic E-state index is 10.1. The lowest BCUT2D eigenvalue weighted by atomic mass is 9.98. The van der Waals surface area contributed by atoms with E-state index in [1.807, 2.05) is 71.1 Å². The summed E-state index contributed by atoms with van der Waals surface area (Å²) in [6.07, 6.45) is 1.57. The molecule has 0 fully saturated rings. The van der Waals surface area contributed by atoms with Gasteiger partial charge in [0, 0.05) is 17.3 Å². The normalized spacial score (nSPS) is 10.8. The summed E-state index contributed by atoms with van der Waals surface area (Å²) in [7, 11) is 4.68. The molecule has 7 nitrogen and oxygen atoms in total.